The van der Waals surface area contributed by atoms with Crippen molar-refractivity contribution in [2.24, 2.45) is 0 Å². The van der Waals surface area contributed by atoms with Crippen LogP contribution in [0.3, 0.4) is 0 Å². The Hall–Kier alpha value is -2.45. The van der Waals surface area contributed by atoms with Crippen LogP contribution >= 0.6 is 11.6 Å². The molecule has 0 bridgehead atoms. The molecule has 0 amide bonds. The van der Waals surface area contributed by atoms with Crippen LogP contribution in [0.25, 0.3) is 11.6 Å². The van der Waals surface area contributed by atoms with Crippen LogP contribution in [0.1, 0.15) is 16.7 Å². The zero-order chi connectivity index (χ0) is 17.0. The van der Waals surface area contributed by atoms with Crippen LogP contribution in [0.4, 0.5) is 13.2 Å². The van der Waals surface area contributed by atoms with Gasteiger partial charge in [-0.1, -0.05) is 29.8 Å². The Kier molecular flexibility index (Phi) is 4.97. The third-order valence-electron chi connectivity index (χ3n) is 3.13. The molecule has 2 aromatic rings. The largest absolute Gasteiger partial charge is 0.495 e. The lowest BCUT2D eigenvalue weighted by molar-refractivity contribution is -0.137. The van der Waals surface area contributed by atoms with E-state index in [0.717, 1.165) is 12.1 Å². The van der Waals surface area contributed by atoms with Gasteiger partial charge in [0.1, 0.15) is 5.75 Å². The molecule has 0 saturated heterocycles. The number of halogens is 4. The van der Waals surface area contributed by atoms with E-state index in [-0.39, 0.29) is 5.57 Å². The van der Waals surface area contributed by atoms with Crippen LogP contribution < -0.4 is 4.74 Å². The van der Waals surface area contributed by atoms with Gasteiger partial charge in [-0.15, -0.1) is 0 Å². The number of ether oxygens (including phenoxy) is 1. The number of alkyl halides is 3. The third kappa shape index (κ3) is 4.05. The Morgan fingerprint density at radius 2 is 1.83 bits per heavy atom. The first-order valence-corrected chi connectivity index (χ1v) is 6.86. The van der Waals surface area contributed by atoms with Gasteiger partial charge in [0.2, 0.25) is 0 Å². The zero-order valence-electron chi connectivity index (χ0n) is 12.0. The van der Waals surface area contributed by atoms with Crippen LogP contribution in [0.5, 0.6) is 5.75 Å². The molecule has 2 rings (SSSR count). The molecule has 0 radical (unpaired) electrons. The average molecular weight is 338 g/mol. The molecule has 2 nitrogen and oxygen atoms in total. The van der Waals surface area contributed by atoms with Gasteiger partial charge >= 0.3 is 6.18 Å². The van der Waals surface area contributed by atoms with Crippen LogP contribution in [-0.2, 0) is 6.18 Å². The highest BCUT2D eigenvalue weighted by Gasteiger charge is 2.30. The quantitative estimate of drug-likeness (QED) is 0.552. The van der Waals surface area contributed by atoms with Gasteiger partial charge in [-0.25, -0.2) is 0 Å². The van der Waals surface area contributed by atoms with Crippen molar-refractivity contribution >= 4 is 23.3 Å². The second-order valence-electron chi connectivity index (χ2n) is 4.64. The van der Waals surface area contributed by atoms with E-state index in [1.165, 1.54) is 19.2 Å². The molecule has 0 atom stereocenters. The summed E-state index contributed by atoms with van der Waals surface area (Å²) in [6.45, 7) is 0. The number of methoxy groups -OCH3 is 1. The Morgan fingerprint density at radius 3 is 2.30 bits per heavy atom. The highest BCUT2D eigenvalue weighted by atomic mass is 35.5. The first kappa shape index (κ1) is 16.9. The van der Waals surface area contributed by atoms with Gasteiger partial charge < -0.3 is 4.74 Å². The predicted octanol–water partition coefficient (Wildman–Crippen LogP) is 5.43. The van der Waals surface area contributed by atoms with Gasteiger partial charge in [-0.2, -0.15) is 18.4 Å². The van der Waals surface area contributed by atoms with E-state index in [4.69, 9.17) is 16.3 Å². The van der Waals surface area contributed by atoms with Crippen LogP contribution in [0, 0.1) is 11.3 Å². The van der Waals surface area contributed by atoms with Crippen molar-refractivity contribution in [2.75, 3.05) is 7.11 Å². The smallest absolute Gasteiger partial charge is 0.416 e. The van der Waals surface area contributed by atoms with Gasteiger partial charge in [0, 0.05) is 0 Å². The van der Waals surface area contributed by atoms with E-state index in [1.54, 1.807) is 24.3 Å². The third-order valence-corrected chi connectivity index (χ3v) is 3.43. The molecule has 0 aromatic heterocycles. The molecule has 0 aliphatic carbocycles. The number of nitrogens with zero attached hydrogens (tertiary/aromatic N) is 1. The fourth-order valence-corrected chi connectivity index (χ4v) is 2.22. The topological polar surface area (TPSA) is 33.0 Å². The number of hydrogen-bond acceptors (Lipinski definition) is 2. The van der Waals surface area contributed by atoms with E-state index in [1.807, 2.05) is 6.07 Å². The number of benzene rings is 2. The summed E-state index contributed by atoms with van der Waals surface area (Å²) in [7, 11) is 1.49. The van der Waals surface area contributed by atoms with Crippen molar-refractivity contribution in [2.45, 2.75) is 6.18 Å². The SMILES string of the molecule is COc1ccc(/C=C(\C#N)c2ccc(C(F)(F)F)cc2)cc1Cl. The molecular formula is C17H11ClF3NO. The van der Waals surface area contributed by atoms with E-state index >= 15 is 0 Å². The van der Waals surface area contributed by atoms with Crippen molar-refractivity contribution in [3.8, 4) is 11.8 Å². The van der Waals surface area contributed by atoms with Gasteiger partial charge in [0.15, 0.2) is 0 Å². The molecule has 0 spiro atoms. The summed E-state index contributed by atoms with van der Waals surface area (Å²) in [5.41, 5.74) is 0.519. The summed E-state index contributed by atoms with van der Waals surface area (Å²) < 4.78 is 42.7. The standard InChI is InChI=1S/C17H11ClF3NO/c1-23-16-7-2-11(9-15(16)18)8-13(10-22)12-3-5-14(6-4-12)17(19,20)21/h2-9H,1H3/b13-8+. The Bertz CT molecular complexity index is 774. The van der Waals surface area contributed by atoms with E-state index in [2.05, 4.69) is 0 Å². The normalized spacial score (nSPS) is 11.9. The molecule has 6 heteroatoms. The molecule has 23 heavy (non-hydrogen) atoms. The number of rotatable bonds is 3. The van der Waals surface area contributed by atoms with Crippen molar-refractivity contribution in [3.05, 3.63) is 64.2 Å². The fraction of sp³-hybridized carbons (Fsp3) is 0.118. The second kappa shape index (κ2) is 6.76. The molecule has 0 aliphatic rings. The summed E-state index contributed by atoms with van der Waals surface area (Å²) >= 11 is 6.01. The minimum Gasteiger partial charge on any atom is -0.495 e. The Balaban J connectivity index is 2.36. The second-order valence-corrected chi connectivity index (χ2v) is 5.05. The first-order valence-electron chi connectivity index (χ1n) is 6.48. The van der Waals surface area contributed by atoms with Crippen LogP contribution in [-0.4, -0.2) is 7.11 Å². The van der Waals surface area contributed by atoms with E-state index in [9.17, 15) is 18.4 Å². The maximum Gasteiger partial charge on any atom is 0.416 e. The highest BCUT2D eigenvalue weighted by Crippen LogP contribution is 2.31. The molecular weight excluding hydrogens is 327 g/mol. The van der Waals surface area contributed by atoms with E-state index in [0.29, 0.717) is 21.9 Å². The summed E-state index contributed by atoms with van der Waals surface area (Å²) in [6, 6.07) is 11.4. The lowest BCUT2D eigenvalue weighted by Crippen LogP contribution is -2.04. The van der Waals surface area contributed by atoms with E-state index < -0.39 is 11.7 Å². The van der Waals surface area contributed by atoms with Gasteiger partial charge in [-0.05, 0) is 41.5 Å². The first-order chi connectivity index (χ1) is 10.8. The van der Waals surface area contributed by atoms with Crippen molar-refractivity contribution < 1.29 is 17.9 Å². The summed E-state index contributed by atoms with van der Waals surface area (Å²) in [5, 5.41) is 9.62. The van der Waals surface area contributed by atoms with Gasteiger partial charge in [-0.3, -0.25) is 0 Å². The molecule has 0 N–H and O–H groups in total. The maximum atomic E-state index is 12.6. The molecule has 118 valence electrons. The number of hydrogen-bond donors (Lipinski definition) is 0. The molecule has 0 fully saturated rings. The molecule has 0 heterocycles. The summed E-state index contributed by atoms with van der Waals surface area (Å²) in [6.07, 6.45) is -2.85. The minimum absolute atomic E-state index is 0.236. The van der Waals surface area contributed by atoms with Crippen LogP contribution in [0.15, 0.2) is 42.5 Å². The van der Waals surface area contributed by atoms with Crippen molar-refractivity contribution in [1.82, 2.24) is 0 Å². The maximum absolute atomic E-state index is 12.6. The van der Waals surface area contributed by atoms with Gasteiger partial charge in [0.25, 0.3) is 0 Å². The summed E-state index contributed by atoms with van der Waals surface area (Å²) in [5.74, 6) is 0.497. The Morgan fingerprint density at radius 1 is 1.17 bits per heavy atom. The molecule has 0 unspecified atom stereocenters. The lowest BCUT2D eigenvalue weighted by atomic mass is 10.0. The number of allylic oxidation sites excluding steroid dienone is 1. The van der Waals surface area contributed by atoms with Crippen LogP contribution in [0.2, 0.25) is 5.02 Å². The predicted molar refractivity (Wildman–Crippen MR) is 82.9 cm³/mol. The average Bonchev–Trinajstić information content (AvgIpc) is 2.52. The Labute approximate surface area is 136 Å². The number of nitriles is 1. The fourth-order valence-electron chi connectivity index (χ4n) is 1.96. The molecule has 0 aliphatic heterocycles. The monoisotopic (exact) mass is 337 g/mol. The van der Waals surface area contributed by atoms with Crippen molar-refractivity contribution in [3.63, 3.8) is 0 Å². The van der Waals surface area contributed by atoms with Gasteiger partial charge in [0.05, 0.1) is 29.3 Å². The molecule has 0 saturated carbocycles. The lowest BCUT2D eigenvalue weighted by Gasteiger charge is -2.07. The highest BCUT2D eigenvalue weighted by molar-refractivity contribution is 6.32. The van der Waals surface area contributed by atoms with Crippen molar-refractivity contribution in [1.29, 1.82) is 5.26 Å². The minimum atomic E-state index is -4.40. The zero-order valence-corrected chi connectivity index (χ0v) is 12.7. The molecule has 2 aromatic carbocycles. The summed E-state index contributed by atoms with van der Waals surface area (Å²) in [4.78, 5) is 0.